The number of fused-ring (bicyclic) bond motifs is 1. The van der Waals surface area contributed by atoms with E-state index in [9.17, 15) is 9.59 Å². The van der Waals surface area contributed by atoms with Crippen molar-refractivity contribution in [2.24, 2.45) is 0 Å². The van der Waals surface area contributed by atoms with Gasteiger partial charge in [-0.05, 0) is 63.5 Å². The molecule has 4 rings (SSSR count). The minimum absolute atomic E-state index is 0.125. The number of anilines is 1. The number of hydrogen-bond donors (Lipinski definition) is 1. The van der Waals surface area contributed by atoms with Crippen LogP contribution in [0.4, 0.5) is 5.69 Å². The number of carbonyl (C=O) groups is 2. The molecule has 2 amide bonds. The van der Waals surface area contributed by atoms with Gasteiger partial charge in [0.05, 0.1) is 6.42 Å². The lowest BCUT2D eigenvalue weighted by Crippen LogP contribution is -2.48. The Hall–Kier alpha value is -1.92. The fraction of sp³-hybridized carbons (Fsp3) is 0.619. The van der Waals surface area contributed by atoms with Gasteiger partial charge in [-0.2, -0.15) is 0 Å². The zero-order valence-corrected chi connectivity index (χ0v) is 16.2. The van der Waals surface area contributed by atoms with E-state index < -0.39 is 0 Å². The molecular weight excluding hydrogens is 340 g/mol. The Bertz CT molecular complexity index is 702. The van der Waals surface area contributed by atoms with Crippen molar-refractivity contribution in [2.45, 2.75) is 37.6 Å². The lowest BCUT2D eigenvalue weighted by molar-refractivity contribution is -0.132. The smallest absolute Gasteiger partial charge is 0.244 e. The van der Waals surface area contributed by atoms with Crippen LogP contribution in [0.3, 0.4) is 0 Å². The third kappa shape index (κ3) is 3.73. The molecule has 0 aromatic heterocycles. The topological polar surface area (TPSA) is 55.9 Å². The van der Waals surface area contributed by atoms with Crippen molar-refractivity contribution in [1.29, 1.82) is 0 Å². The monoisotopic (exact) mass is 370 g/mol. The van der Waals surface area contributed by atoms with Gasteiger partial charge in [-0.3, -0.25) is 14.5 Å². The fourth-order valence-corrected chi connectivity index (χ4v) is 4.83. The number of hydrogen-bond acceptors (Lipinski definition) is 4. The van der Waals surface area contributed by atoms with E-state index >= 15 is 0 Å². The summed E-state index contributed by atoms with van der Waals surface area (Å²) in [5.74, 6) is 0.294. The summed E-state index contributed by atoms with van der Waals surface area (Å²) >= 11 is 0. The highest BCUT2D eigenvalue weighted by Crippen LogP contribution is 2.39. The summed E-state index contributed by atoms with van der Waals surface area (Å²) in [6, 6.07) is 7.78. The maximum Gasteiger partial charge on any atom is 0.244 e. The molecule has 146 valence electrons. The minimum Gasteiger partial charge on any atom is -0.340 e. The van der Waals surface area contributed by atoms with E-state index in [4.69, 9.17) is 0 Å². The van der Waals surface area contributed by atoms with Crippen molar-refractivity contribution in [3.8, 4) is 0 Å². The number of carbonyl (C=O) groups excluding carboxylic acids is 2. The summed E-state index contributed by atoms with van der Waals surface area (Å²) in [5.41, 5.74) is 1.46. The fourth-order valence-electron chi connectivity index (χ4n) is 4.83. The number of likely N-dealkylation sites (N-methyl/N-ethyl adjacent to an activating group) is 1. The molecule has 3 aliphatic heterocycles. The van der Waals surface area contributed by atoms with Gasteiger partial charge in [0, 0.05) is 31.9 Å². The molecule has 0 bridgehead atoms. The summed E-state index contributed by atoms with van der Waals surface area (Å²) in [6.45, 7) is 5.52. The van der Waals surface area contributed by atoms with Gasteiger partial charge < -0.3 is 15.1 Å². The summed E-state index contributed by atoms with van der Waals surface area (Å²) in [7, 11) is 2.09. The number of piperazine rings is 1. The van der Waals surface area contributed by atoms with E-state index in [1.54, 1.807) is 0 Å². The molecule has 6 heteroatoms. The van der Waals surface area contributed by atoms with E-state index in [0.29, 0.717) is 6.42 Å². The number of nitrogens with one attached hydrogen (secondary N) is 1. The molecular formula is C21H30N4O2. The van der Waals surface area contributed by atoms with Crippen LogP contribution in [-0.4, -0.2) is 78.4 Å². The van der Waals surface area contributed by atoms with Crippen molar-refractivity contribution in [3.05, 3.63) is 29.8 Å². The number of nitrogens with zero attached hydrogens (tertiary/aromatic N) is 3. The van der Waals surface area contributed by atoms with Crippen LogP contribution in [0.1, 0.15) is 31.2 Å². The quantitative estimate of drug-likeness (QED) is 0.874. The molecule has 6 nitrogen and oxygen atoms in total. The van der Waals surface area contributed by atoms with Crippen molar-refractivity contribution >= 4 is 17.5 Å². The largest absolute Gasteiger partial charge is 0.340 e. The molecule has 1 aromatic carbocycles. The van der Waals surface area contributed by atoms with E-state index in [0.717, 1.165) is 76.2 Å². The molecule has 1 aromatic rings. The van der Waals surface area contributed by atoms with Gasteiger partial charge in [0.1, 0.15) is 5.54 Å². The van der Waals surface area contributed by atoms with Gasteiger partial charge in [0.25, 0.3) is 0 Å². The average Bonchev–Trinajstić information content (AvgIpc) is 3.23. The van der Waals surface area contributed by atoms with E-state index in [1.807, 2.05) is 29.2 Å². The maximum atomic E-state index is 13.0. The molecule has 1 N–H and O–H groups in total. The molecule has 0 saturated carbocycles. The first-order valence-corrected chi connectivity index (χ1v) is 10.2. The molecule has 3 heterocycles. The predicted octanol–water partition coefficient (Wildman–Crippen LogP) is 1.57. The van der Waals surface area contributed by atoms with Gasteiger partial charge in [-0.1, -0.05) is 12.1 Å². The minimum atomic E-state index is -0.300. The SMILES string of the molecule is CN1CCN(C(=O)Cc2cccc(NC(=O)C34CCCN3CCC4)c2)CC1. The first-order valence-electron chi connectivity index (χ1n) is 10.2. The van der Waals surface area contributed by atoms with Crippen LogP contribution in [0.15, 0.2) is 24.3 Å². The Morgan fingerprint density at radius 1 is 1.04 bits per heavy atom. The zero-order chi connectivity index (χ0) is 18.9. The molecule has 0 atom stereocenters. The standard InChI is InChI=1S/C21H30N4O2/c1-23-11-13-24(14-12-23)19(26)16-17-5-2-6-18(15-17)22-20(27)21-7-3-9-25(21)10-4-8-21/h2,5-6,15H,3-4,7-14,16H2,1H3,(H,22,27). The summed E-state index contributed by atoms with van der Waals surface area (Å²) in [5, 5.41) is 3.13. The molecule has 3 fully saturated rings. The number of benzene rings is 1. The molecule has 3 saturated heterocycles. The summed E-state index contributed by atoms with van der Waals surface area (Å²) < 4.78 is 0. The van der Waals surface area contributed by atoms with Crippen LogP contribution < -0.4 is 5.32 Å². The molecule has 0 unspecified atom stereocenters. The second-order valence-corrected chi connectivity index (χ2v) is 8.24. The summed E-state index contributed by atoms with van der Waals surface area (Å²) in [6.07, 6.45) is 4.52. The molecule has 0 radical (unpaired) electrons. The van der Waals surface area contributed by atoms with Gasteiger partial charge >= 0.3 is 0 Å². The zero-order valence-electron chi connectivity index (χ0n) is 16.2. The van der Waals surface area contributed by atoms with Crippen LogP contribution in [-0.2, 0) is 16.0 Å². The highest BCUT2D eigenvalue weighted by atomic mass is 16.2. The first-order chi connectivity index (χ1) is 13.1. The summed E-state index contributed by atoms with van der Waals surface area (Å²) in [4.78, 5) is 32.1. The van der Waals surface area contributed by atoms with Crippen molar-refractivity contribution in [1.82, 2.24) is 14.7 Å². The Labute approximate surface area is 161 Å². The molecule has 27 heavy (non-hydrogen) atoms. The van der Waals surface area contributed by atoms with Gasteiger partial charge in [-0.25, -0.2) is 0 Å². The van der Waals surface area contributed by atoms with Gasteiger partial charge in [-0.15, -0.1) is 0 Å². The van der Waals surface area contributed by atoms with Crippen LogP contribution in [0, 0.1) is 0 Å². The average molecular weight is 370 g/mol. The number of rotatable bonds is 4. The maximum absolute atomic E-state index is 13.0. The first kappa shape index (κ1) is 18.4. The molecule has 0 aliphatic carbocycles. The lowest BCUT2D eigenvalue weighted by atomic mass is 9.93. The van der Waals surface area contributed by atoms with E-state index in [1.165, 1.54) is 0 Å². The molecule has 0 spiro atoms. The Kier molecular flexibility index (Phi) is 5.19. The van der Waals surface area contributed by atoms with Crippen LogP contribution in [0.25, 0.3) is 0 Å². The highest BCUT2D eigenvalue weighted by molar-refractivity contribution is 5.98. The third-order valence-corrected chi connectivity index (χ3v) is 6.46. The molecule has 3 aliphatic rings. The van der Waals surface area contributed by atoms with Crippen molar-refractivity contribution in [3.63, 3.8) is 0 Å². The van der Waals surface area contributed by atoms with Gasteiger partial charge in [0.2, 0.25) is 11.8 Å². The van der Waals surface area contributed by atoms with Crippen molar-refractivity contribution < 1.29 is 9.59 Å². The van der Waals surface area contributed by atoms with E-state index in [-0.39, 0.29) is 17.4 Å². The van der Waals surface area contributed by atoms with Crippen LogP contribution in [0.2, 0.25) is 0 Å². The Morgan fingerprint density at radius 3 is 2.44 bits per heavy atom. The van der Waals surface area contributed by atoms with Crippen LogP contribution >= 0.6 is 0 Å². The van der Waals surface area contributed by atoms with Gasteiger partial charge in [0.15, 0.2) is 0 Å². The van der Waals surface area contributed by atoms with Crippen LogP contribution in [0.5, 0.6) is 0 Å². The number of amides is 2. The third-order valence-electron chi connectivity index (χ3n) is 6.46. The highest BCUT2D eigenvalue weighted by Gasteiger charge is 2.49. The Morgan fingerprint density at radius 2 is 1.74 bits per heavy atom. The second-order valence-electron chi connectivity index (χ2n) is 8.24. The predicted molar refractivity (Wildman–Crippen MR) is 106 cm³/mol. The van der Waals surface area contributed by atoms with E-state index in [2.05, 4.69) is 22.2 Å². The Balaban J connectivity index is 1.39. The van der Waals surface area contributed by atoms with Crippen molar-refractivity contribution in [2.75, 3.05) is 51.6 Å². The normalized spacial score (nSPS) is 22.6. The lowest BCUT2D eigenvalue weighted by Gasteiger charge is -2.32. The second kappa shape index (κ2) is 7.60.